The Hall–Kier alpha value is -3.85. The van der Waals surface area contributed by atoms with Crippen LogP contribution in [-0.4, -0.2) is 14.1 Å². The van der Waals surface area contributed by atoms with Crippen LogP contribution in [0, 0.1) is 0 Å². The van der Waals surface area contributed by atoms with Gasteiger partial charge in [0, 0.05) is 36.6 Å². The highest BCUT2D eigenvalue weighted by molar-refractivity contribution is 5.74. The first-order chi connectivity index (χ1) is 14.7. The summed E-state index contributed by atoms with van der Waals surface area (Å²) in [5.74, 6) is 0.973. The van der Waals surface area contributed by atoms with Gasteiger partial charge in [-0.25, -0.2) is 4.98 Å². The summed E-state index contributed by atoms with van der Waals surface area (Å²) in [6, 6.07) is 33.9. The van der Waals surface area contributed by atoms with Gasteiger partial charge in [-0.2, -0.15) is 0 Å². The van der Waals surface area contributed by atoms with Crippen molar-refractivity contribution in [2.45, 2.75) is 0 Å². The number of hydrogen-bond acceptors (Lipinski definition) is 1. The molecule has 0 saturated heterocycles. The molecule has 3 heteroatoms. The van der Waals surface area contributed by atoms with Gasteiger partial charge in [0.25, 0.3) is 0 Å². The van der Waals surface area contributed by atoms with E-state index in [1.807, 2.05) is 24.4 Å². The second kappa shape index (κ2) is 7.53. The zero-order chi connectivity index (χ0) is 20.5. The zero-order valence-electron chi connectivity index (χ0n) is 17.2. The van der Waals surface area contributed by atoms with E-state index in [4.69, 9.17) is 0 Å². The summed E-state index contributed by atoms with van der Waals surface area (Å²) in [5, 5.41) is 0. The SMILES string of the molecule is Cn1c(-c2ccccc2)ccc1-c1cccc(-c2cnc(-c3ccccc3)n2C)c1. The summed E-state index contributed by atoms with van der Waals surface area (Å²) in [7, 11) is 4.20. The highest BCUT2D eigenvalue weighted by Gasteiger charge is 2.13. The van der Waals surface area contributed by atoms with Gasteiger partial charge in [-0.1, -0.05) is 78.9 Å². The summed E-state index contributed by atoms with van der Waals surface area (Å²) < 4.78 is 4.42. The Morgan fingerprint density at radius 2 is 1.03 bits per heavy atom. The predicted molar refractivity (Wildman–Crippen MR) is 124 cm³/mol. The van der Waals surface area contributed by atoms with E-state index >= 15 is 0 Å². The van der Waals surface area contributed by atoms with Crippen LogP contribution < -0.4 is 0 Å². The molecule has 5 aromatic rings. The number of imidazole rings is 1. The van der Waals surface area contributed by atoms with E-state index < -0.39 is 0 Å². The second-order valence-corrected chi connectivity index (χ2v) is 7.50. The van der Waals surface area contributed by atoms with Crippen molar-refractivity contribution in [2.24, 2.45) is 14.1 Å². The van der Waals surface area contributed by atoms with Gasteiger partial charge >= 0.3 is 0 Å². The lowest BCUT2D eigenvalue weighted by molar-refractivity contribution is 0.932. The van der Waals surface area contributed by atoms with Crippen molar-refractivity contribution in [3.63, 3.8) is 0 Å². The van der Waals surface area contributed by atoms with Crippen LogP contribution in [-0.2, 0) is 14.1 Å². The van der Waals surface area contributed by atoms with E-state index in [2.05, 4.69) is 107 Å². The van der Waals surface area contributed by atoms with Gasteiger partial charge in [-0.15, -0.1) is 0 Å². The molecule has 0 aliphatic carbocycles. The molecule has 0 amide bonds. The molecule has 0 radical (unpaired) electrons. The molecule has 0 spiro atoms. The largest absolute Gasteiger partial charge is 0.344 e. The van der Waals surface area contributed by atoms with Gasteiger partial charge in [0.15, 0.2) is 0 Å². The van der Waals surface area contributed by atoms with Gasteiger partial charge in [-0.3, -0.25) is 0 Å². The van der Waals surface area contributed by atoms with Crippen LogP contribution in [0.5, 0.6) is 0 Å². The van der Waals surface area contributed by atoms with E-state index in [9.17, 15) is 0 Å². The number of benzene rings is 3. The van der Waals surface area contributed by atoms with Crippen molar-refractivity contribution >= 4 is 0 Å². The Labute approximate surface area is 176 Å². The van der Waals surface area contributed by atoms with E-state index in [0.29, 0.717) is 0 Å². The first kappa shape index (κ1) is 18.2. The predicted octanol–water partition coefficient (Wildman–Crippen LogP) is 6.43. The van der Waals surface area contributed by atoms with Crippen molar-refractivity contribution in [3.8, 4) is 45.2 Å². The highest BCUT2D eigenvalue weighted by atomic mass is 15.1. The first-order valence-corrected chi connectivity index (χ1v) is 10.1. The quantitative estimate of drug-likeness (QED) is 0.347. The molecule has 2 heterocycles. The van der Waals surface area contributed by atoms with Crippen LogP contribution in [0.25, 0.3) is 45.2 Å². The Kier molecular flexibility index (Phi) is 4.56. The molecule has 146 valence electrons. The number of rotatable bonds is 4. The van der Waals surface area contributed by atoms with Crippen molar-refractivity contribution in [2.75, 3.05) is 0 Å². The van der Waals surface area contributed by atoms with Gasteiger partial charge in [0.05, 0.1) is 11.9 Å². The van der Waals surface area contributed by atoms with Crippen LogP contribution in [0.2, 0.25) is 0 Å². The Bertz CT molecular complexity index is 1200. The maximum absolute atomic E-state index is 4.68. The second-order valence-electron chi connectivity index (χ2n) is 7.50. The number of hydrogen-bond donors (Lipinski definition) is 0. The number of nitrogens with zero attached hydrogens (tertiary/aromatic N) is 3. The summed E-state index contributed by atoms with van der Waals surface area (Å²) in [6.45, 7) is 0. The molecule has 3 aromatic carbocycles. The van der Waals surface area contributed by atoms with Crippen molar-refractivity contribution in [1.29, 1.82) is 0 Å². The van der Waals surface area contributed by atoms with Crippen LogP contribution in [0.15, 0.2) is 103 Å². The molecule has 0 aliphatic rings. The number of aromatic nitrogens is 3. The molecule has 0 saturated carbocycles. The molecule has 30 heavy (non-hydrogen) atoms. The highest BCUT2D eigenvalue weighted by Crippen LogP contribution is 2.31. The van der Waals surface area contributed by atoms with E-state index in [-0.39, 0.29) is 0 Å². The van der Waals surface area contributed by atoms with Crippen molar-refractivity contribution < 1.29 is 0 Å². The third-order valence-electron chi connectivity index (χ3n) is 5.67. The maximum Gasteiger partial charge on any atom is 0.140 e. The van der Waals surface area contributed by atoms with E-state index in [1.165, 1.54) is 22.5 Å². The van der Waals surface area contributed by atoms with Crippen LogP contribution >= 0.6 is 0 Å². The molecule has 0 fully saturated rings. The van der Waals surface area contributed by atoms with Crippen molar-refractivity contribution in [1.82, 2.24) is 14.1 Å². The third-order valence-corrected chi connectivity index (χ3v) is 5.67. The lowest BCUT2D eigenvalue weighted by atomic mass is 10.1. The Morgan fingerprint density at radius 1 is 0.500 bits per heavy atom. The lowest BCUT2D eigenvalue weighted by Crippen LogP contribution is -1.97. The van der Waals surface area contributed by atoms with Gasteiger partial charge in [0.2, 0.25) is 0 Å². The molecule has 0 bridgehead atoms. The molecule has 0 atom stereocenters. The van der Waals surface area contributed by atoms with Crippen molar-refractivity contribution in [3.05, 3.63) is 103 Å². The fraction of sp³-hybridized carbons (Fsp3) is 0.0741. The first-order valence-electron chi connectivity index (χ1n) is 10.1. The third kappa shape index (κ3) is 3.15. The van der Waals surface area contributed by atoms with Crippen LogP contribution in [0.1, 0.15) is 0 Å². The van der Waals surface area contributed by atoms with Crippen LogP contribution in [0.3, 0.4) is 0 Å². The Balaban J connectivity index is 1.54. The fourth-order valence-electron chi connectivity index (χ4n) is 4.07. The van der Waals surface area contributed by atoms with Gasteiger partial charge in [-0.05, 0) is 29.3 Å². The topological polar surface area (TPSA) is 22.8 Å². The fourth-order valence-corrected chi connectivity index (χ4v) is 4.07. The molecule has 2 aromatic heterocycles. The average Bonchev–Trinajstić information content (AvgIpc) is 3.38. The summed E-state index contributed by atoms with van der Waals surface area (Å²) in [5.41, 5.74) is 8.21. The molecular weight excluding hydrogens is 366 g/mol. The monoisotopic (exact) mass is 389 g/mol. The standard InChI is InChI=1S/C27H23N3/c1-29-24(20-10-5-3-6-11-20)16-17-25(29)22-14-9-15-23(18-22)26-19-28-27(30(26)2)21-12-7-4-8-13-21/h3-19H,1-2H3. The minimum absolute atomic E-state index is 0.973. The minimum Gasteiger partial charge on any atom is -0.344 e. The molecule has 5 rings (SSSR count). The smallest absolute Gasteiger partial charge is 0.140 e. The maximum atomic E-state index is 4.68. The van der Waals surface area contributed by atoms with Gasteiger partial charge < -0.3 is 9.13 Å². The van der Waals surface area contributed by atoms with E-state index in [0.717, 1.165) is 22.6 Å². The summed E-state index contributed by atoms with van der Waals surface area (Å²) in [4.78, 5) is 4.68. The lowest BCUT2D eigenvalue weighted by Gasteiger charge is -2.11. The molecule has 3 nitrogen and oxygen atoms in total. The molecule has 0 unspecified atom stereocenters. The Morgan fingerprint density at radius 3 is 1.70 bits per heavy atom. The van der Waals surface area contributed by atoms with Crippen LogP contribution in [0.4, 0.5) is 0 Å². The minimum atomic E-state index is 0.973. The molecular formula is C27H23N3. The van der Waals surface area contributed by atoms with Gasteiger partial charge in [0.1, 0.15) is 5.82 Å². The summed E-state index contributed by atoms with van der Waals surface area (Å²) in [6.07, 6.45) is 1.96. The average molecular weight is 390 g/mol. The molecule has 0 N–H and O–H groups in total. The normalized spacial score (nSPS) is 11.0. The summed E-state index contributed by atoms with van der Waals surface area (Å²) >= 11 is 0. The van der Waals surface area contributed by atoms with E-state index in [1.54, 1.807) is 0 Å². The zero-order valence-corrected chi connectivity index (χ0v) is 17.2. The molecule has 0 aliphatic heterocycles.